The third-order valence-corrected chi connectivity index (χ3v) is 3.03. The molecule has 0 aromatic heterocycles. The number of carbonyl (C=O) groups is 1. The second kappa shape index (κ2) is 7.26. The van der Waals surface area contributed by atoms with Gasteiger partial charge in [-0.25, -0.2) is 4.79 Å². The highest BCUT2D eigenvalue weighted by molar-refractivity contribution is 5.88. The number of nitro groups is 1. The topological polar surface area (TPSA) is 98.9 Å². The molecule has 0 fully saturated rings. The Morgan fingerprint density at radius 1 is 1.13 bits per heavy atom. The molecule has 0 bridgehead atoms. The third kappa shape index (κ3) is 4.44. The number of carboxylic acids is 1. The van der Waals surface area contributed by atoms with Gasteiger partial charge >= 0.3 is 11.7 Å². The minimum absolute atomic E-state index is 0.0534. The Bertz CT molecular complexity index is 711. The molecule has 7 heteroatoms. The smallest absolute Gasteiger partial charge is 0.335 e. The van der Waals surface area contributed by atoms with Crippen LogP contribution in [-0.2, 0) is 0 Å². The molecule has 0 unspecified atom stereocenters. The molecule has 0 aliphatic heterocycles. The van der Waals surface area contributed by atoms with E-state index < -0.39 is 10.9 Å². The second-order valence-corrected chi connectivity index (χ2v) is 4.75. The number of nitrogens with zero attached hydrogens (tertiary/aromatic N) is 1. The lowest BCUT2D eigenvalue weighted by atomic mass is 10.2. The summed E-state index contributed by atoms with van der Waals surface area (Å²) in [6, 6.07) is 10.8. The first kappa shape index (κ1) is 16.3. The van der Waals surface area contributed by atoms with Crippen LogP contribution in [0.3, 0.4) is 0 Å². The van der Waals surface area contributed by atoms with E-state index in [-0.39, 0.29) is 30.2 Å². The summed E-state index contributed by atoms with van der Waals surface area (Å²) >= 11 is 0. The Morgan fingerprint density at radius 2 is 1.78 bits per heavy atom. The first-order chi connectivity index (χ1) is 11.0. The van der Waals surface area contributed by atoms with E-state index in [1.165, 1.54) is 0 Å². The maximum absolute atomic E-state index is 10.9. The van der Waals surface area contributed by atoms with Gasteiger partial charge in [-0.2, -0.15) is 0 Å². The van der Waals surface area contributed by atoms with Crippen LogP contribution in [-0.4, -0.2) is 29.2 Å². The van der Waals surface area contributed by atoms with Gasteiger partial charge in [0.25, 0.3) is 0 Å². The zero-order valence-electron chi connectivity index (χ0n) is 12.4. The average Bonchev–Trinajstić information content (AvgIpc) is 2.52. The van der Waals surface area contributed by atoms with E-state index in [1.807, 2.05) is 31.2 Å². The number of aryl methyl sites for hydroxylation is 1. The number of rotatable bonds is 7. The first-order valence-electron chi connectivity index (χ1n) is 6.81. The normalized spacial score (nSPS) is 10.1. The van der Waals surface area contributed by atoms with E-state index in [2.05, 4.69) is 0 Å². The second-order valence-electron chi connectivity index (χ2n) is 4.75. The minimum atomic E-state index is -1.18. The number of aromatic carboxylic acids is 1. The highest BCUT2D eigenvalue weighted by atomic mass is 16.6. The molecule has 0 spiro atoms. The van der Waals surface area contributed by atoms with Crippen molar-refractivity contribution >= 4 is 11.7 Å². The standard InChI is InChI=1S/C16H15NO6/c1-11-2-5-13(6-3-11)22-8-9-23-15-10-12(16(18)19)4-7-14(15)17(20)21/h2-7,10H,8-9H2,1H3,(H,18,19). The van der Waals surface area contributed by atoms with Crippen molar-refractivity contribution in [3.8, 4) is 11.5 Å². The quantitative estimate of drug-likeness (QED) is 0.478. The van der Waals surface area contributed by atoms with Gasteiger partial charge in [-0.05, 0) is 25.1 Å². The van der Waals surface area contributed by atoms with Crippen LogP contribution < -0.4 is 9.47 Å². The summed E-state index contributed by atoms with van der Waals surface area (Å²) in [4.78, 5) is 21.2. The summed E-state index contributed by atoms with van der Waals surface area (Å²) in [5.74, 6) is -0.615. The van der Waals surface area contributed by atoms with E-state index in [0.717, 1.165) is 23.8 Å². The summed E-state index contributed by atoms with van der Waals surface area (Å²) in [7, 11) is 0. The highest BCUT2D eigenvalue weighted by Crippen LogP contribution is 2.28. The SMILES string of the molecule is Cc1ccc(OCCOc2cc(C(=O)O)ccc2[N+](=O)[O-])cc1. The Morgan fingerprint density at radius 3 is 2.39 bits per heavy atom. The maximum atomic E-state index is 10.9. The molecule has 0 saturated heterocycles. The fourth-order valence-corrected chi connectivity index (χ4v) is 1.86. The van der Waals surface area contributed by atoms with E-state index in [9.17, 15) is 14.9 Å². The van der Waals surface area contributed by atoms with Crippen molar-refractivity contribution in [3.63, 3.8) is 0 Å². The number of carboxylic acid groups (broad SMARTS) is 1. The summed E-state index contributed by atoms with van der Waals surface area (Å²) in [5, 5.41) is 19.9. The minimum Gasteiger partial charge on any atom is -0.490 e. The molecular weight excluding hydrogens is 302 g/mol. The maximum Gasteiger partial charge on any atom is 0.335 e. The van der Waals surface area contributed by atoms with E-state index in [0.29, 0.717) is 5.75 Å². The van der Waals surface area contributed by atoms with Crippen molar-refractivity contribution in [1.82, 2.24) is 0 Å². The molecule has 0 aliphatic rings. The number of ether oxygens (including phenoxy) is 2. The van der Waals surface area contributed by atoms with Gasteiger partial charge < -0.3 is 14.6 Å². The van der Waals surface area contributed by atoms with Crippen molar-refractivity contribution in [3.05, 3.63) is 63.7 Å². The van der Waals surface area contributed by atoms with Crippen LogP contribution >= 0.6 is 0 Å². The molecule has 2 aromatic carbocycles. The van der Waals surface area contributed by atoms with Gasteiger partial charge in [-0.1, -0.05) is 17.7 Å². The predicted molar refractivity (Wildman–Crippen MR) is 82.2 cm³/mol. The van der Waals surface area contributed by atoms with Gasteiger partial charge in [0.2, 0.25) is 0 Å². The van der Waals surface area contributed by atoms with E-state index in [4.69, 9.17) is 14.6 Å². The van der Waals surface area contributed by atoms with Crippen LogP contribution in [0.1, 0.15) is 15.9 Å². The zero-order chi connectivity index (χ0) is 16.8. The Kier molecular flexibility index (Phi) is 5.14. The number of hydrogen-bond acceptors (Lipinski definition) is 5. The molecule has 23 heavy (non-hydrogen) atoms. The van der Waals surface area contributed by atoms with Crippen LogP contribution in [0.4, 0.5) is 5.69 Å². The number of hydrogen-bond donors (Lipinski definition) is 1. The predicted octanol–water partition coefficient (Wildman–Crippen LogP) is 3.06. The van der Waals surface area contributed by atoms with Crippen molar-refractivity contribution in [1.29, 1.82) is 0 Å². The van der Waals surface area contributed by atoms with Crippen molar-refractivity contribution in [2.24, 2.45) is 0 Å². The number of benzene rings is 2. The third-order valence-electron chi connectivity index (χ3n) is 3.03. The molecule has 7 nitrogen and oxygen atoms in total. The van der Waals surface area contributed by atoms with Crippen molar-refractivity contribution < 1.29 is 24.3 Å². The molecule has 0 radical (unpaired) electrons. The largest absolute Gasteiger partial charge is 0.490 e. The molecule has 0 saturated carbocycles. The Balaban J connectivity index is 1.98. The molecule has 0 amide bonds. The fraction of sp³-hybridized carbons (Fsp3) is 0.188. The van der Waals surface area contributed by atoms with Gasteiger partial charge in [0.15, 0.2) is 5.75 Å². The summed E-state index contributed by atoms with van der Waals surface area (Å²) < 4.78 is 10.8. The van der Waals surface area contributed by atoms with Crippen molar-refractivity contribution in [2.75, 3.05) is 13.2 Å². The molecule has 0 heterocycles. The van der Waals surface area contributed by atoms with Gasteiger partial charge in [0.1, 0.15) is 19.0 Å². The molecular formula is C16H15NO6. The van der Waals surface area contributed by atoms with E-state index in [1.54, 1.807) is 0 Å². The van der Waals surface area contributed by atoms with Gasteiger partial charge in [-0.3, -0.25) is 10.1 Å². The lowest BCUT2D eigenvalue weighted by Gasteiger charge is -2.09. The fourth-order valence-electron chi connectivity index (χ4n) is 1.86. The van der Waals surface area contributed by atoms with Gasteiger partial charge in [-0.15, -0.1) is 0 Å². The summed E-state index contributed by atoms with van der Waals surface area (Å²) in [5.41, 5.74) is 0.741. The average molecular weight is 317 g/mol. The number of nitro benzene ring substituents is 1. The lowest BCUT2D eigenvalue weighted by Crippen LogP contribution is -2.10. The molecule has 1 N–H and O–H groups in total. The summed E-state index contributed by atoms with van der Waals surface area (Å²) in [6.45, 7) is 2.19. The van der Waals surface area contributed by atoms with Crippen LogP contribution in [0, 0.1) is 17.0 Å². The monoisotopic (exact) mass is 317 g/mol. The summed E-state index contributed by atoms with van der Waals surface area (Å²) in [6.07, 6.45) is 0. The Hall–Kier alpha value is -3.09. The molecule has 0 aliphatic carbocycles. The molecule has 2 aromatic rings. The Labute approximate surface area is 132 Å². The van der Waals surface area contributed by atoms with E-state index >= 15 is 0 Å². The van der Waals surface area contributed by atoms with Crippen molar-refractivity contribution in [2.45, 2.75) is 6.92 Å². The van der Waals surface area contributed by atoms with Gasteiger partial charge in [0, 0.05) is 12.1 Å². The zero-order valence-corrected chi connectivity index (χ0v) is 12.4. The van der Waals surface area contributed by atoms with Crippen LogP contribution in [0.15, 0.2) is 42.5 Å². The molecule has 0 atom stereocenters. The van der Waals surface area contributed by atoms with Gasteiger partial charge in [0.05, 0.1) is 10.5 Å². The van der Waals surface area contributed by atoms with Crippen LogP contribution in [0.25, 0.3) is 0 Å². The molecule has 2 rings (SSSR count). The first-order valence-corrected chi connectivity index (χ1v) is 6.81. The molecule has 120 valence electrons. The van der Waals surface area contributed by atoms with Crippen LogP contribution in [0.2, 0.25) is 0 Å². The van der Waals surface area contributed by atoms with Crippen LogP contribution in [0.5, 0.6) is 11.5 Å². The highest BCUT2D eigenvalue weighted by Gasteiger charge is 2.17. The lowest BCUT2D eigenvalue weighted by molar-refractivity contribution is -0.385.